The normalized spacial score (nSPS) is 11.6. The SMILES string of the molecule is O=C(CCc1nc2ccccc2s1)Nc1cc(Cl)ccc1OCC(F)(F)F. The van der Waals surface area contributed by atoms with Crippen LogP contribution >= 0.6 is 22.9 Å². The molecule has 0 aliphatic carbocycles. The summed E-state index contributed by atoms with van der Waals surface area (Å²) < 4.78 is 42.9. The predicted octanol–water partition coefficient (Wildman–Crippen LogP) is 5.46. The number of amides is 1. The summed E-state index contributed by atoms with van der Waals surface area (Å²) >= 11 is 7.37. The Bertz CT molecular complexity index is 926. The molecule has 0 saturated carbocycles. The van der Waals surface area contributed by atoms with Crippen molar-refractivity contribution in [1.82, 2.24) is 4.98 Å². The summed E-state index contributed by atoms with van der Waals surface area (Å²) in [4.78, 5) is 16.7. The molecule has 0 aliphatic rings. The molecule has 0 radical (unpaired) electrons. The molecule has 3 rings (SSSR count). The van der Waals surface area contributed by atoms with Crippen LogP contribution in [0.15, 0.2) is 42.5 Å². The molecule has 0 spiro atoms. The van der Waals surface area contributed by atoms with Gasteiger partial charge in [0, 0.05) is 17.9 Å². The largest absolute Gasteiger partial charge is 0.482 e. The fourth-order valence-corrected chi connectivity index (χ4v) is 3.48. The second kappa shape index (κ2) is 8.14. The van der Waals surface area contributed by atoms with Gasteiger partial charge in [0.2, 0.25) is 5.91 Å². The highest BCUT2D eigenvalue weighted by Crippen LogP contribution is 2.30. The van der Waals surface area contributed by atoms with E-state index < -0.39 is 12.8 Å². The van der Waals surface area contributed by atoms with E-state index in [9.17, 15) is 18.0 Å². The van der Waals surface area contributed by atoms with E-state index >= 15 is 0 Å². The van der Waals surface area contributed by atoms with Gasteiger partial charge in [-0.2, -0.15) is 13.2 Å². The molecule has 0 atom stereocenters. The maximum atomic E-state index is 12.4. The molecule has 0 unspecified atom stereocenters. The van der Waals surface area contributed by atoms with Gasteiger partial charge in [-0.15, -0.1) is 11.3 Å². The number of fused-ring (bicyclic) bond motifs is 1. The van der Waals surface area contributed by atoms with Crippen molar-refractivity contribution in [2.24, 2.45) is 0 Å². The van der Waals surface area contributed by atoms with Crippen LogP contribution in [0, 0.1) is 0 Å². The number of para-hydroxylation sites is 1. The summed E-state index contributed by atoms with van der Waals surface area (Å²) in [5, 5.41) is 3.64. The zero-order valence-electron chi connectivity index (χ0n) is 13.8. The average molecular weight is 415 g/mol. The Kier molecular flexibility index (Phi) is 5.86. The number of rotatable bonds is 6. The van der Waals surface area contributed by atoms with Crippen molar-refractivity contribution in [3.8, 4) is 5.75 Å². The molecule has 2 aromatic carbocycles. The minimum atomic E-state index is -4.48. The molecule has 27 heavy (non-hydrogen) atoms. The van der Waals surface area contributed by atoms with Crippen LogP contribution in [0.2, 0.25) is 5.02 Å². The third-order valence-corrected chi connectivity index (χ3v) is 4.84. The first-order chi connectivity index (χ1) is 12.8. The summed E-state index contributed by atoms with van der Waals surface area (Å²) in [5.41, 5.74) is 0.969. The van der Waals surface area contributed by atoms with Gasteiger partial charge in [-0.3, -0.25) is 4.79 Å². The van der Waals surface area contributed by atoms with Crippen molar-refractivity contribution < 1.29 is 22.7 Å². The van der Waals surface area contributed by atoms with Crippen molar-refractivity contribution in [2.75, 3.05) is 11.9 Å². The maximum Gasteiger partial charge on any atom is 0.422 e. The molecule has 0 aliphatic heterocycles. The van der Waals surface area contributed by atoms with Crippen molar-refractivity contribution in [3.05, 3.63) is 52.5 Å². The first kappa shape index (κ1) is 19.4. The van der Waals surface area contributed by atoms with Gasteiger partial charge >= 0.3 is 6.18 Å². The predicted molar refractivity (Wildman–Crippen MR) is 99.6 cm³/mol. The zero-order chi connectivity index (χ0) is 19.4. The smallest absolute Gasteiger partial charge is 0.422 e. The molecule has 142 valence electrons. The molecule has 1 heterocycles. The molecular formula is C18H14ClF3N2O2S. The molecule has 1 aromatic heterocycles. The minimum Gasteiger partial charge on any atom is -0.482 e. The van der Waals surface area contributed by atoms with E-state index in [2.05, 4.69) is 10.3 Å². The fraction of sp³-hybridized carbons (Fsp3) is 0.222. The van der Waals surface area contributed by atoms with E-state index in [-0.39, 0.29) is 28.8 Å². The fourth-order valence-electron chi connectivity index (χ4n) is 2.35. The lowest BCUT2D eigenvalue weighted by Gasteiger charge is -2.14. The van der Waals surface area contributed by atoms with E-state index in [0.717, 1.165) is 15.2 Å². The summed E-state index contributed by atoms with van der Waals surface area (Å²) in [7, 11) is 0. The molecule has 3 aromatic rings. The van der Waals surface area contributed by atoms with Crippen molar-refractivity contribution in [1.29, 1.82) is 0 Å². The lowest BCUT2D eigenvalue weighted by atomic mass is 10.2. The molecule has 0 bridgehead atoms. The maximum absolute atomic E-state index is 12.4. The standard InChI is InChI=1S/C18H14ClF3N2O2S/c19-11-5-6-14(26-10-18(20,21)22)13(9-11)23-16(25)7-8-17-24-12-3-1-2-4-15(12)27-17/h1-6,9H,7-8,10H2,(H,23,25). The second-order valence-corrected chi connectivity index (χ2v) is 7.22. The first-order valence-electron chi connectivity index (χ1n) is 7.93. The van der Waals surface area contributed by atoms with E-state index in [0.29, 0.717) is 6.42 Å². The number of alkyl halides is 3. The van der Waals surface area contributed by atoms with E-state index in [1.165, 1.54) is 29.5 Å². The number of aryl methyl sites for hydroxylation is 1. The number of hydrogen-bond acceptors (Lipinski definition) is 4. The van der Waals surface area contributed by atoms with Crippen molar-refractivity contribution >= 4 is 44.7 Å². The van der Waals surface area contributed by atoms with E-state index in [1.807, 2.05) is 24.3 Å². The lowest BCUT2D eigenvalue weighted by Crippen LogP contribution is -2.20. The number of carbonyl (C=O) groups excluding carboxylic acids is 1. The van der Waals surface area contributed by atoms with Gasteiger partial charge in [-0.1, -0.05) is 23.7 Å². The van der Waals surface area contributed by atoms with Gasteiger partial charge in [0.15, 0.2) is 6.61 Å². The quantitative estimate of drug-likeness (QED) is 0.582. The number of benzene rings is 2. The first-order valence-corrected chi connectivity index (χ1v) is 9.13. The van der Waals surface area contributed by atoms with Crippen LogP contribution in [0.1, 0.15) is 11.4 Å². The van der Waals surface area contributed by atoms with Crippen LogP contribution < -0.4 is 10.1 Å². The van der Waals surface area contributed by atoms with Crippen molar-refractivity contribution in [2.45, 2.75) is 19.0 Å². The summed E-state index contributed by atoms with van der Waals surface area (Å²) in [6.07, 6.45) is -3.93. The van der Waals surface area contributed by atoms with Crippen LogP contribution in [0.25, 0.3) is 10.2 Å². The van der Waals surface area contributed by atoms with Gasteiger partial charge in [0.1, 0.15) is 5.75 Å². The van der Waals surface area contributed by atoms with Gasteiger partial charge in [-0.25, -0.2) is 4.98 Å². The van der Waals surface area contributed by atoms with Gasteiger partial charge < -0.3 is 10.1 Å². The van der Waals surface area contributed by atoms with Crippen LogP contribution in [0.4, 0.5) is 18.9 Å². The Labute approximate surface area is 161 Å². The molecule has 9 heteroatoms. The van der Waals surface area contributed by atoms with Gasteiger partial charge in [0.05, 0.1) is 20.9 Å². The van der Waals surface area contributed by atoms with Crippen LogP contribution in [0.3, 0.4) is 0 Å². The minimum absolute atomic E-state index is 0.0925. The number of anilines is 1. The number of halogens is 4. The highest BCUT2D eigenvalue weighted by molar-refractivity contribution is 7.18. The monoisotopic (exact) mass is 414 g/mol. The molecular weight excluding hydrogens is 401 g/mol. The highest BCUT2D eigenvalue weighted by Gasteiger charge is 2.29. The van der Waals surface area contributed by atoms with Crippen LogP contribution in [-0.2, 0) is 11.2 Å². The topological polar surface area (TPSA) is 51.2 Å². The van der Waals surface area contributed by atoms with E-state index in [1.54, 1.807) is 0 Å². The Morgan fingerprint density at radius 1 is 1.22 bits per heavy atom. The Hall–Kier alpha value is -2.32. The van der Waals surface area contributed by atoms with E-state index in [4.69, 9.17) is 16.3 Å². The summed E-state index contributed by atoms with van der Waals surface area (Å²) in [6, 6.07) is 11.7. The molecule has 4 nitrogen and oxygen atoms in total. The third-order valence-electron chi connectivity index (χ3n) is 3.51. The zero-order valence-corrected chi connectivity index (χ0v) is 15.4. The number of thiazole rings is 1. The number of nitrogens with one attached hydrogen (secondary N) is 1. The van der Waals surface area contributed by atoms with Crippen LogP contribution in [0.5, 0.6) is 5.75 Å². The lowest BCUT2D eigenvalue weighted by molar-refractivity contribution is -0.153. The molecule has 1 amide bonds. The number of aromatic nitrogens is 1. The number of nitrogens with zero attached hydrogens (tertiary/aromatic N) is 1. The molecule has 0 fully saturated rings. The molecule has 1 N–H and O–H groups in total. The van der Waals surface area contributed by atoms with Crippen molar-refractivity contribution in [3.63, 3.8) is 0 Å². The van der Waals surface area contributed by atoms with Crippen LogP contribution in [-0.4, -0.2) is 23.7 Å². The van der Waals surface area contributed by atoms with Gasteiger partial charge in [0.25, 0.3) is 0 Å². The summed E-state index contributed by atoms with van der Waals surface area (Å²) in [6.45, 7) is -1.46. The Morgan fingerprint density at radius 2 is 2.00 bits per heavy atom. The molecule has 0 saturated heterocycles. The number of carbonyl (C=O) groups is 1. The Morgan fingerprint density at radius 3 is 2.74 bits per heavy atom. The van der Waals surface area contributed by atoms with Gasteiger partial charge in [-0.05, 0) is 30.3 Å². The second-order valence-electron chi connectivity index (χ2n) is 5.67. The highest BCUT2D eigenvalue weighted by atomic mass is 35.5. The number of ether oxygens (including phenoxy) is 1. The summed E-state index contributed by atoms with van der Waals surface area (Å²) in [5.74, 6) is -0.460. The number of hydrogen-bond donors (Lipinski definition) is 1. The Balaban J connectivity index is 1.63. The average Bonchev–Trinajstić information content (AvgIpc) is 3.01. The third kappa shape index (κ3) is 5.58.